The summed E-state index contributed by atoms with van der Waals surface area (Å²) < 4.78 is 26.6. The van der Waals surface area contributed by atoms with Crippen molar-refractivity contribution in [1.82, 2.24) is 9.29 Å². The number of anilines is 1. The maximum Gasteiger partial charge on any atom is 0.244 e. The molecule has 19 heavy (non-hydrogen) atoms. The van der Waals surface area contributed by atoms with E-state index < -0.39 is 10.0 Å². The van der Waals surface area contributed by atoms with Crippen LogP contribution in [0.25, 0.3) is 0 Å². The lowest BCUT2D eigenvalue weighted by atomic mass is 10.0. The van der Waals surface area contributed by atoms with Crippen molar-refractivity contribution in [2.24, 2.45) is 5.92 Å². The van der Waals surface area contributed by atoms with Crippen LogP contribution in [0.2, 0.25) is 0 Å². The van der Waals surface area contributed by atoms with Crippen LogP contribution in [0, 0.1) is 5.92 Å². The molecule has 1 aliphatic heterocycles. The van der Waals surface area contributed by atoms with Crippen molar-refractivity contribution in [2.45, 2.75) is 31.6 Å². The molecule has 0 aliphatic carbocycles. The maximum atomic E-state index is 12.5. The zero-order valence-corrected chi connectivity index (χ0v) is 12.3. The summed E-state index contributed by atoms with van der Waals surface area (Å²) in [6.07, 6.45) is 4.92. The van der Waals surface area contributed by atoms with Gasteiger partial charge >= 0.3 is 0 Å². The quantitative estimate of drug-likeness (QED) is 0.917. The molecule has 1 aromatic rings. The van der Waals surface area contributed by atoms with E-state index in [1.165, 1.54) is 6.20 Å². The van der Waals surface area contributed by atoms with Gasteiger partial charge in [-0.15, -0.1) is 0 Å². The largest absolute Gasteiger partial charge is 0.384 e. The molecule has 0 atom stereocenters. The number of hydrogen-bond acceptors (Lipinski definition) is 4. The molecule has 0 unspecified atom stereocenters. The Kier molecular flexibility index (Phi) is 4.42. The van der Waals surface area contributed by atoms with E-state index in [2.05, 4.69) is 17.2 Å². The van der Waals surface area contributed by atoms with Gasteiger partial charge in [-0.1, -0.05) is 6.92 Å². The minimum atomic E-state index is -3.40. The highest BCUT2D eigenvalue weighted by atomic mass is 32.2. The number of nitrogens with zero attached hydrogens (tertiary/aromatic N) is 2. The minimum absolute atomic E-state index is 0.278. The molecule has 1 saturated heterocycles. The van der Waals surface area contributed by atoms with Gasteiger partial charge in [0.05, 0.1) is 11.9 Å². The van der Waals surface area contributed by atoms with Crippen molar-refractivity contribution in [3.05, 3.63) is 18.5 Å². The zero-order chi connectivity index (χ0) is 13.9. The first-order valence-corrected chi connectivity index (χ1v) is 8.17. The van der Waals surface area contributed by atoms with Crippen LogP contribution in [0.1, 0.15) is 26.7 Å². The summed E-state index contributed by atoms with van der Waals surface area (Å²) >= 11 is 0. The van der Waals surface area contributed by atoms with Gasteiger partial charge < -0.3 is 5.32 Å². The maximum absolute atomic E-state index is 12.5. The Hall–Kier alpha value is -1.14. The first-order chi connectivity index (χ1) is 9.04. The number of pyridine rings is 1. The topological polar surface area (TPSA) is 62.3 Å². The van der Waals surface area contributed by atoms with E-state index in [4.69, 9.17) is 0 Å². The number of hydrogen-bond donors (Lipinski definition) is 1. The molecule has 2 rings (SSSR count). The SMILES string of the molecule is CCNc1cncc(S(=O)(=O)N2CCC(C)CC2)c1. The third-order valence-electron chi connectivity index (χ3n) is 3.47. The van der Waals surface area contributed by atoms with Crippen LogP contribution < -0.4 is 5.32 Å². The molecule has 106 valence electrons. The number of nitrogens with one attached hydrogen (secondary N) is 1. The van der Waals surface area contributed by atoms with Crippen LogP contribution in [-0.4, -0.2) is 37.3 Å². The molecule has 5 nitrogen and oxygen atoms in total. The Labute approximate surface area is 115 Å². The van der Waals surface area contributed by atoms with Gasteiger partial charge in [0, 0.05) is 25.8 Å². The number of piperidine rings is 1. The molecule has 0 saturated carbocycles. The number of aromatic nitrogens is 1. The summed E-state index contributed by atoms with van der Waals surface area (Å²) in [5.41, 5.74) is 0.744. The van der Waals surface area contributed by atoms with Crippen LogP contribution in [0.3, 0.4) is 0 Å². The highest BCUT2D eigenvalue weighted by Gasteiger charge is 2.28. The molecule has 0 spiro atoms. The smallest absolute Gasteiger partial charge is 0.244 e. The van der Waals surface area contributed by atoms with Gasteiger partial charge in [-0.25, -0.2) is 8.42 Å². The second-order valence-corrected chi connectivity index (χ2v) is 6.96. The summed E-state index contributed by atoms with van der Waals surface area (Å²) in [5.74, 6) is 0.609. The lowest BCUT2D eigenvalue weighted by molar-refractivity contribution is 0.288. The van der Waals surface area contributed by atoms with Crippen LogP contribution >= 0.6 is 0 Å². The summed E-state index contributed by atoms with van der Waals surface area (Å²) in [5, 5.41) is 3.08. The fourth-order valence-corrected chi connectivity index (χ4v) is 3.69. The van der Waals surface area contributed by atoms with E-state index in [1.54, 1.807) is 16.6 Å². The highest BCUT2D eigenvalue weighted by Crippen LogP contribution is 2.24. The Morgan fingerprint density at radius 1 is 1.37 bits per heavy atom. The highest BCUT2D eigenvalue weighted by molar-refractivity contribution is 7.89. The molecule has 1 aromatic heterocycles. The molecule has 0 aromatic carbocycles. The molecule has 1 fully saturated rings. The normalized spacial score (nSPS) is 18.4. The summed E-state index contributed by atoms with van der Waals surface area (Å²) in [6, 6.07) is 1.66. The van der Waals surface area contributed by atoms with E-state index >= 15 is 0 Å². The first-order valence-electron chi connectivity index (χ1n) is 6.73. The van der Waals surface area contributed by atoms with Crippen LogP contribution in [-0.2, 0) is 10.0 Å². The zero-order valence-electron chi connectivity index (χ0n) is 11.5. The van der Waals surface area contributed by atoms with E-state index in [0.29, 0.717) is 19.0 Å². The van der Waals surface area contributed by atoms with E-state index in [9.17, 15) is 8.42 Å². The van der Waals surface area contributed by atoms with Gasteiger partial charge in [-0.2, -0.15) is 4.31 Å². The van der Waals surface area contributed by atoms with Gasteiger partial charge in [0.1, 0.15) is 4.90 Å². The molecular weight excluding hydrogens is 262 g/mol. The summed E-state index contributed by atoms with van der Waals surface area (Å²) in [4.78, 5) is 4.29. The van der Waals surface area contributed by atoms with E-state index in [-0.39, 0.29) is 4.90 Å². The van der Waals surface area contributed by atoms with Crippen molar-refractivity contribution in [1.29, 1.82) is 0 Å². The second-order valence-electron chi connectivity index (χ2n) is 5.03. The lowest BCUT2D eigenvalue weighted by Gasteiger charge is -2.29. The first kappa shape index (κ1) is 14.3. The fourth-order valence-electron chi connectivity index (χ4n) is 2.24. The van der Waals surface area contributed by atoms with Crippen LogP contribution in [0.4, 0.5) is 5.69 Å². The summed E-state index contributed by atoms with van der Waals surface area (Å²) in [7, 11) is -3.40. The van der Waals surface area contributed by atoms with Crippen molar-refractivity contribution in [3.63, 3.8) is 0 Å². The Balaban J connectivity index is 2.21. The second kappa shape index (κ2) is 5.88. The molecule has 0 amide bonds. The van der Waals surface area contributed by atoms with Crippen molar-refractivity contribution < 1.29 is 8.42 Å². The molecule has 2 heterocycles. The third-order valence-corrected chi connectivity index (χ3v) is 5.34. The average Bonchev–Trinajstić information content (AvgIpc) is 2.40. The van der Waals surface area contributed by atoms with Crippen molar-refractivity contribution in [3.8, 4) is 0 Å². The third kappa shape index (κ3) is 3.25. The minimum Gasteiger partial charge on any atom is -0.384 e. The van der Waals surface area contributed by atoms with E-state index in [0.717, 1.165) is 25.1 Å². The average molecular weight is 283 g/mol. The monoisotopic (exact) mass is 283 g/mol. The molecule has 6 heteroatoms. The lowest BCUT2D eigenvalue weighted by Crippen LogP contribution is -2.37. The Bertz CT molecular complexity index is 522. The summed E-state index contributed by atoms with van der Waals surface area (Å²) in [6.45, 7) is 6.08. The predicted octanol–water partition coefficient (Wildman–Crippen LogP) is 1.93. The molecule has 1 aliphatic rings. The van der Waals surface area contributed by atoms with E-state index in [1.807, 2.05) is 6.92 Å². The number of rotatable bonds is 4. The predicted molar refractivity (Wildman–Crippen MR) is 75.6 cm³/mol. The van der Waals surface area contributed by atoms with Gasteiger partial charge in [0.2, 0.25) is 10.0 Å². The fraction of sp³-hybridized carbons (Fsp3) is 0.615. The molecular formula is C13H21N3O2S. The van der Waals surface area contributed by atoms with Crippen molar-refractivity contribution in [2.75, 3.05) is 25.0 Å². The standard InChI is InChI=1S/C13H21N3O2S/c1-3-15-12-8-13(10-14-9-12)19(17,18)16-6-4-11(2)5-7-16/h8-11,15H,3-7H2,1-2H3. The Morgan fingerprint density at radius 3 is 2.68 bits per heavy atom. The van der Waals surface area contributed by atoms with Crippen molar-refractivity contribution >= 4 is 15.7 Å². The number of sulfonamides is 1. The van der Waals surface area contributed by atoms with Gasteiger partial charge in [0.15, 0.2) is 0 Å². The molecule has 1 N–H and O–H groups in total. The Morgan fingerprint density at radius 2 is 2.05 bits per heavy atom. The van der Waals surface area contributed by atoms with Crippen LogP contribution in [0.5, 0.6) is 0 Å². The van der Waals surface area contributed by atoms with Gasteiger partial charge in [-0.3, -0.25) is 4.98 Å². The molecule has 0 bridgehead atoms. The van der Waals surface area contributed by atoms with Crippen LogP contribution in [0.15, 0.2) is 23.4 Å². The van der Waals surface area contributed by atoms with Gasteiger partial charge in [0.25, 0.3) is 0 Å². The molecule has 0 radical (unpaired) electrons. The van der Waals surface area contributed by atoms with Gasteiger partial charge in [-0.05, 0) is 31.7 Å².